The van der Waals surface area contributed by atoms with Gasteiger partial charge in [-0.1, -0.05) is 36.4 Å². The fourth-order valence-electron chi connectivity index (χ4n) is 7.86. The summed E-state index contributed by atoms with van der Waals surface area (Å²) in [6, 6.07) is 6.74. The Morgan fingerprint density at radius 1 is 1.04 bits per heavy atom. The lowest BCUT2D eigenvalue weighted by atomic mass is 9.90. The number of aliphatic hydroxyl groups is 1. The van der Waals surface area contributed by atoms with E-state index in [9.17, 15) is 5.11 Å². The Bertz CT molecular complexity index is 1900. The summed E-state index contributed by atoms with van der Waals surface area (Å²) in [6.45, 7) is 4.84. The second kappa shape index (κ2) is 11.8. The van der Waals surface area contributed by atoms with E-state index in [1.807, 2.05) is 32.2 Å². The summed E-state index contributed by atoms with van der Waals surface area (Å²) in [5.74, 6) is 3.28. The number of ether oxygens (including phenoxy) is 1. The molecule has 244 valence electrons. The molecular formula is C34H41N11O2. The van der Waals surface area contributed by atoms with Crippen molar-refractivity contribution in [2.45, 2.75) is 70.0 Å². The third-order valence-electron chi connectivity index (χ3n) is 10.4. The number of allylic oxidation sites excluding steroid dienone is 2. The van der Waals surface area contributed by atoms with Crippen LogP contribution in [0, 0.1) is 12.8 Å². The number of aromatic nitrogens is 7. The molecule has 4 aliphatic rings. The van der Waals surface area contributed by atoms with Gasteiger partial charge in [-0.15, -0.1) is 10.2 Å². The minimum absolute atomic E-state index is 0.204. The van der Waals surface area contributed by atoms with Crippen LogP contribution >= 0.6 is 0 Å². The molecule has 13 nitrogen and oxygen atoms in total. The zero-order valence-corrected chi connectivity index (χ0v) is 27.0. The molecule has 1 fully saturated rings. The largest absolute Gasteiger partial charge is 0.495 e. The van der Waals surface area contributed by atoms with E-state index in [0.29, 0.717) is 23.3 Å². The Morgan fingerprint density at radius 3 is 2.66 bits per heavy atom. The molecule has 0 bridgehead atoms. The van der Waals surface area contributed by atoms with Crippen molar-refractivity contribution < 1.29 is 9.84 Å². The summed E-state index contributed by atoms with van der Waals surface area (Å²) in [5, 5.41) is 29.0. The van der Waals surface area contributed by atoms with Gasteiger partial charge in [0.25, 0.3) is 0 Å². The van der Waals surface area contributed by atoms with Gasteiger partial charge in [-0.2, -0.15) is 5.10 Å². The van der Waals surface area contributed by atoms with Crippen molar-refractivity contribution in [2.75, 3.05) is 31.8 Å². The summed E-state index contributed by atoms with van der Waals surface area (Å²) < 4.78 is 10.1. The molecule has 3 aromatic heterocycles. The van der Waals surface area contributed by atoms with E-state index in [2.05, 4.69) is 74.9 Å². The van der Waals surface area contributed by atoms with Crippen LogP contribution in [-0.4, -0.2) is 88.4 Å². The molecule has 13 heteroatoms. The van der Waals surface area contributed by atoms with Crippen molar-refractivity contribution in [3.05, 3.63) is 72.3 Å². The predicted molar refractivity (Wildman–Crippen MR) is 179 cm³/mol. The highest BCUT2D eigenvalue weighted by atomic mass is 16.5. The summed E-state index contributed by atoms with van der Waals surface area (Å²) in [5.41, 5.74) is 10.3. The van der Waals surface area contributed by atoms with Gasteiger partial charge in [0.1, 0.15) is 35.2 Å². The van der Waals surface area contributed by atoms with Gasteiger partial charge in [-0.25, -0.2) is 14.6 Å². The van der Waals surface area contributed by atoms with Gasteiger partial charge in [0.2, 0.25) is 0 Å². The minimum Gasteiger partial charge on any atom is -0.495 e. The quantitative estimate of drug-likeness (QED) is 0.256. The van der Waals surface area contributed by atoms with Crippen molar-refractivity contribution >= 4 is 22.5 Å². The van der Waals surface area contributed by atoms with Crippen molar-refractivity contribution in [1.82, 2.24) is 44.3 Å². The first-order valence-electron chi connectivity index (χ1n) is 16.4. The van der Waals surface area contributed by atoms with E-state index in [1.54, 1.807) is 7.11 Å². The second-order valence-corrected chi connectivity index (χ2v) is 13.0. The Morgan fingerprint density at radius 2 is 1.85 bits per heavy atom. The van der Waals surface area contributed by atoms with Crippen LogP contribution in [0.2, 0.25) is 0 Å². The number of fused-ring (bicyclic) bond motifs is 3. The van der Waals surface area contributed by atoms with Crippen LogP contribution in [0.4, 0.5) is 11.5 Å². The number of methoxy groups -OCH3 is 1. The van der Waals surface area contributed by atoms with Gasteiger partial charge in [0, 0.05) is 37.7 Å². The zero-order chi connectivity index (χ0) is 32.2. The number of likely N-dealkylation sites (N-methyl/N-ethyl adjacent to an activating group) is 1. The molecule has 1 aromatic carbocycles. The summed E-state index contributed by atoms with van der Waals surface area (Å²) in [4.78, 5) is 13.7. The van der Waals surface area contributed by atoms with Gasteiger partial charge in [0.15, 0.2) is 11.9 Å². The Kier molecular flexibility index (Phi) is 7.44. The van der Waals surface area contributed by atoms with Gasteiger partial charge in [-0.05, 0) is 44.7 Å². The van der Waals surface area contributed by atoms with Crippen LogP contribution in [0.1, 0.15) is 43.4 Å². The SMILES string of the molecule is COc1cc(-c2nn(C3CCC(N4CCn5c(C)nnc5C4)CC3)c3ncnc(N)c23)ccc1NC(O)C1=CC2C=CC=CC2N1C. The Balaban J connectivity index is 1.02. The fraction of sp³-hybridized carbons (Fsp3) is 0.441. The summed E-state index contributed by atoms with van der Waals surface area (Å²) in [6.07, 6.45) is 15.3. The van der Waals surface area contributed by atoms with E-state index < -0.39 is 6.23 Å². The molecule has 5 heterocycles. The maximum absolute atomic E-state index is 11.2. The molecule has 47 heavy (non-hydrogen) atoms. The summed E-state index contributed by atoms with van der Waals surface area (Å²) in [7, 11) is 3.63. The number of rotatable bonds is 7. The Labute approximate surface area is 273 Å². The molecule has 4 N–H and O–H groups in total. The monoisotopic (exact) mass is 635 g/mol. The lowest BCUT2D eigenvalue weighted by Crippen LogP contribution is -2.43. The number of nitrogens with two attached hydrogens (primary N) is 1. The molecule has 1 saturated carbocycles. The van der Waals surface area contributed by atoms with Crippen molar-refractivity contribution in [3.8, 4) is 17.0 Å². The van der Waals surface area contributed by atoms with E-state index in [4.69, 9.17) is 15.6 Å². The minimum atomic E-state index is -0.904. The first-order chi connectivity index (χ1) is 22.9. The second-order valence-electron chi connectivity index (χ2n) is 13.0. The number of benzene rings is 1. The topological polar surface area (TPSA) is 148 Å². The van der Waals surface area contributed by atoms with Crippen LogP contribution in [0.5, 0.6) is 5.75 Å². The number of nitrogens with zero attached hydrogens (tertiary/aromatic N) is 9. The Hall–Kier alpha value is -4.75. The number of anilines is 2. The molecule has 3 atom stereocenters. The normalized spacial score (nSPS) is 24.7. The predicted octanol–water partition coefficient (Wildman–Crippen LogP) is 3.65. The maximum atomic E-state index is 11.2. The number of aryl methyl sites for hydroxylation is 1. The van der Waals surface area contributed by atoms with Crippen molar-refractivity contribution in [1.29, 1.82) is 0 Å². The number of nitrogen functional groups attached to an aromatic ring is 1. The third kappa shape index (κ3) is 5.13. The highest BCUT2D eigenvalue weighted by Crippen LogP contribution is 2.40. The third-order valence-corrected chi connectivity index (χ3v) is 10.4. The molecular weight excluding hydrogens is 594 g/mol. The first-order valence-corrected chi connectivity index (χ1v) is 16.4. The lowest BCUT2D eigenvalue weighted by molar-refractivity contribution is 0.105. The van der Waals surface area contributed by atoms with Crippen molar-refractivity contribution in [2.24, 2.45) is 5.92 Å². The van der Waals surface area contributed by atoms with Crippen LogP contribution in [0.15, 0.2) is 60.6 Å². The molecule has 0 radical (unpaired) electrons. The molecule has 2 aliphatic carbocycles. The van der Waals surface area contributed by atoms with Gasteiger partial charge in [0.05, 0.1) is 42.5 Å². The summed E-state index contributed by atoms with van der Waals surface area (Å²) >= 11 is 0. The van der Waals surface area contributed by atoms with Crippen LogP contribution in [0.3, 0.4) is 0 Å². The van der Waals surface area contributed by atoms with E-state index in [1.165, 1.54) is 6.33 Å². The molecule has 3 unspecified atom stereocenters. The number of nitrogens with one attached hydrogen (secondary N) is 1. The lowest BCUT2D eigenvalue weighted by Gasteiger charge is -2.38. The first kappa shape index (κ1) is 29.6. The van der Waals surface area contributed by atoms with Crippen LogP contribution in [0.25, 0.3) is 22.3 Å². The molecule has 0 amide bonds. The van der Waals surface area contributed by atoms with Gasteiger partial charge >= 0.3 is 0 Å². The highest BCUT2D eigenvalue weighted by Gasteiger charge is 2.34. The highest BCUT2D eigenvalue weighted by molar-refractivity contribution is 5.98. The standard InChI is InChI=1S/C34H41N11O2/c1-20-39-40-29-18-43(14-15-44(20)29)23-9-11-24(12-10-23)45-33-30(32(35)36-19-37-33)31(41-45)22-8-13-25(28(17-22)47-3)38-34(46)27-16-21-6-4-5-7-26(21)42(27)2/h4-8,13,16-17,19,21,23-24,26,34,38,46H,9-12,14-15,18H2,1-3H3,(H2,35,36,37). The molecule has 4 aromatic rings. The van der Waals surface area contributed by atoms with E-state index >= 15 is 0 Å². The van der Waals surface area contributed by atoms with Crippen LogP contribution < -0.4 is 15.8 Å². The van der Waals surface area contributed by atoms with Crippen molar-refractivity contribution in [3.63, 3.8) is 0 Å². The van der Waals surface area contributed by atoms with Crippen LogP contribution in [-0.2, 0) is 13.1 Å². The van der Waals surface area contributed by atoms with Gasteiger partial charge in [-0.3, -0.25) is 4.90 Å². The maximum Gasteiger partial charge on any atom is 0.165 e. The smallest absolute Gasteiger partial charge is 0.165 e. The average Bonchev–Trinajstić information content (AvgIpc) is 3.78. The zero-order valence-electron chi connectivity index (χ0n) is 27.0. The number of hydrogen-bond donors (Lipinski definition) is 3. The van der Waals surface area contributed by atoms with E-state index in [-0.39, 0.29) is 18.0 Å². The molecule has 0 saturated heterocycles. The molecule has 0 spiro atoms. The van der Waals surface area contributed by atoms with Gasteiger partial charge < -0.3 is 30.4 Å². The molecule has 8 rings (SSSR count). The number of hydrogen-bond acceptors (Lipinski definition) is 11. The average molecular weight is 636 g/mol. The number of aliphatic hydroxyl groups excluding tert-OH is 1. The fourth-order valence-corrected chi connectivity index (χ4v) is 7.86. The van der Waals surface area contributed by atoms with E-state index in [0.717, 1.165) is 85.0 Å². The molecule has 2 aliphatic heterocycles.